The smallest absolute Gasteiger partial charge is 0.216 e. The first kappa shape index (κ1) is 21.2. The molecule has 5 aromatic rings. The topological polar surface area (TPSA) is 21.4 Å². The van der Waals surface area contributed by atoms with Crippen LogP contribution in [0, 0.1) is 13.5 Å². The molecule has 33 heavy (non-hydrogen) atoms. The van der Waals surface area contributed by atoms with Gasteiger partial charge in [-0.05, 0) is 35.7 Å². The number of aromatic nitrogens is 1. The first-order chi connectivity index (χ1) is 15.8. The van der Waals surface area contributed by atoms with E-state index in [1.54, 1.807) is 0 Å². The van der Waals surface area contributed by atoms with E-state index in [1.807, 2.05) is 12.1 Å². The summed E-state index contributed by atoms with van der Waals surface area (Å²) < 4.78 is 8.54. The maximum Gasteiger partial charge on any atom is 0.216 e. The second-order valence-electron chi connectivity index (χ2n) is 9.74. The highest BCUT2D eigenvalue weighted by molar-refractivity contribution is 6.88. The molecule has 3 aromatic carbocycles. The molecule has 0 atom stereocenters. The molecule has 2 heterocycles. The molecule has 0 aliphatic carbocycles. The van der Waals surface area contributed by atoms with Gasteiger partial charge in [0.1, 0.15) is 18.2 Å². The predicted molar refractivity (Wildman–Crippen MR) is 140 cm³/mol. The van der Waals surface area contributed by atoms with Crippen LogP contribution in [0.5, 0.6) is 0 Å². The van der Waals surface area contributed by atoms with E-state index in [0.29, 0.717) is 5.69 Å². The zero-order valence-electron chi connectivity index (χ0n) is 19.7. The maximum atomic E-state index is 7.81. The molecule has 2 aromatic heterocycles. The molecular formula is C29H27N2OSi+. The van der Waals surface area contributed by atoms with Crippen LogP contribution in [-0.4, -0.2) is 8.07 Å². The largest absolute Gasteiger partial charge is 0.456 e. The summed E-state index contributed by atoms with van der Waals surface area (Å²) in [5, 5.41) is 3.54. The van der Waals surface area contributed by atoms with Gasteiger partial charge in [-0.3, -0.25) is 0 Å². The van der Waals surface area contributed by atoms with Gasteiger partial charge in [0.2, 0.25) is 5.69 Å². The van der Waals surface area contributed by atoms with E-state index in [9.17, 15) is 0 Å². The van der Waals surface area contributed by atoms with Crippen LogP contribution in [0.2, 0.25) is 19.6 Å². The van der Waals surface area contributed by atoms with Crippen molar-refractivity contribution in [3.05, 3.63) is 89.9 Å². The molecule has 0 unspecified atom stereocenters. The number of fused-ring (bicyclic) bond motifs is 3. The van der Waals surface area contributed by atoms with Crippen LogP contribution >= 0.6 is 0 Å². The van der Waals surface area contributed by atoms with Crippen molar-refractivity contribution in [1.29, 1.82) is 0 Å². The molecule has 0 saturated carbocycles. The van der Waals surface area contributed by atoms with Gasteiger partial charge in [0, 0.05) is 22.9 Å². The Morgan fingerprint density at radius 1 is 0.909 bits per heavy atom. The summed E-state index contributed by atoms with van der Waals surface area (Å²) in [6.07, 6.45) is 2.05. The highest BCUT2D eigenvalue weighted by atomic mass is 28.3. The Morgan fingerprint density at radius 3 is 2.33 bits per heavy atom. The van der Waals surface area contributed by atoms with E-state index in [2.05, 4.69) is 104 Å². The second-order valence-corrected chi connectivity index (χ2v) is 14.8. The number of hydrogen-bond donors (Lipinski definition) is 0. The summed E-state index contributed by atoms with van der Waals surface area (Å²) in [5.41, 5.74) is 7.62. The molecule has 0 bridgehead atoms. The maximum absolute atomic E-state index is 7.81. The van der Waals surface area contributed by atoms with Crippen molar-refractivity contribution >= 4 is 40.9 Å². The van der Waals surface area contributed by atoms with Crippen LogP contribution in [-0.2, 0) is 7.05 Å². The Balaban J connectivity index is 1.76. The van der Waals surface area contributed by atoms with Crippen LogP contribution in [0.25, 0.3) is 49.2 Å². The van der Waals surface area contributed by atoms with Gasteiger partial charge in [0.25, 0.3) is 0 Å². The Bertz CT molecular complexity index is 1560. The van der Waals surface area contributed by atoms with Crippen molar-refractivity contribution in [2.24, 2.45) is 7.05 Å². The minimum Gasteiger partial charge on any atom is -0.456 e. The van der Waals surface area contributed by atoms with E-state index < -0.39 is 8.07 Å². The van der Waals surface area contributed by atoms with Crippen molar-refractivity contribution in [3.8, 4) is 22.4 Å². The summed E-state index contributed by atoms with van der Waals surface area (Å²) in [4.78, 5) is 3.85. The van der Waals surface area contributed by atoms with Crippen LogP contribution in [0.15, 0.2) is 77.3 Å². The summed E-state index contributed by atoms with van der Waals surface area (Å²) in [6, 6.07) is 23.3. The first-order valence-electron chi connectivity index (χ1n) is 11.2. The minimum absolute atomic E-state index is 0.617. The molecule has 0 aliphatic rings. The lowest BCUT2D eigenvalue weighted by Gasteiger charge is -2.17. The van der Waals surface area contributed by atoms with Crippen molar-refractivity contribution in [3.63, 3.8) is 0 Å². The van der Waals surface area contributed by atoms with Gasteiger partial charge >= 0.3 is 0 Å². The van der Waals surface area contributed by atoms with Gasteiger partial charge < -0.3 is 4.42 Å². The van der Waals surface area contributed by atoms with Gasteiger partial charge in [-0.25, -0.2) is 9.41 Å². The SMILES string of the molecule is [C-]#[N+]c1cc2oc3c(-c4cccc[n+]4C)c(C)ccc3c2cc1-c1ccc([Si](C)(C)C)cc1. The Morgan fingerprint density at radius 2 is 1.67 bits per heavy atom. The van der Waals surface area contributed by atoms with Crippen molar-refractivity contribution in [2.75, 3.05) is 0 Å². The molecule has 3 nitrogen and oxygen atoms in total. The molecule has 0 radical (unpaired) electrons. The van der Waals surface area contributed by atoms with Gasteiger partial charge in [0.15, 0.2) is 11.9 Å². The zero-order valence-corrected chi connectivity index (χ0v) is 20.7. The van der Waals surface area contributed by atoms with Crippen LogP contribution in [0.3, 0.4) is 0 Å². The quantitative estimate of drug-likeness (QED) is 0.163. The molecule has 5 rings (SSSR count). The van der Waals surface area contributed by atoms with Crippen molar-refractivity contribution in [1.82, 2.24) is 0 Å². The third-order valence-electron chi connectivity index (χ3n) is 6.46. The number of pyridine rings is 1. The summed E-state index contributed by atoms with van der Waals surface area (Å²) in [7, 11) is 0.677. The molecule has 0 aliphatic heterocycles. The number of aryl methyl sites for hydroxylation is 2. The average molecular weight is 448 g/mol. The van der Waals surface area contributed by atoms with Crippen molar-refractivity contribution in [2.45, 2.75) is 26.6 Å². The van der Waals surface area contributed by atoms with E-state index in [4.69, 9.17) is 11.0 Å². The minimum atomic E-state index is -1.37. The highest BCUT2D eigenvalue weighted by Crippen LogP contribution is 2.41. The number of benzene rings is 3. The van der Waals surface area contributed by atoms with Crippen LogP contribution in [0.4, 0.5) is 5.69 Å². The molecule has 0 fully saturated rings. The normalized spacial score (nSPS) is 11.8. The monoisotopic (exact) mass is 447 g/mol. The number of hydrogen-bond acceptors (Lipinski definition) is 1. The van der Waals surface area contributed by atoms with Gasteiger partial charge in [-0.2, -0.15) is 0 Å². The second kappa shape index (κ2) is 7.72. The summed E-state index contributed by atoms with van der Waals surface area (Å²) in [6.45, 7) is 17.0. The van der Waals surface area contributed by atoms with Crippen LogP contribution in [0.1, 0.15) is 5.56 Å². The Hall–Kier alpha value is -3.68. The Kier molecular flexibility index (Phi) is 4.95. The van der Waals surface area contributed by atoms with Gasteiger partial charge in [-0.15, -0.1) is 0 Å². The third-order valence-corrected chi connectivity index (χ3v) is 8.52. The fourth-order valence-corrected chi connectivity index (χ4v) is 5.71. The number of rotatable bonds is 3. The van der Waals surface area contributed by atoms with E-state index in [1.165, 1.54) is 5.19 Å². The van der Waals surface area contributed by atoms with Crippen molar-refractivity contribution < 1.29 is 8.98 Å². The zero-order chi connectivity index (χ0) is 23.3. The summed E-state index contributed by atoms with van der Waals surface area (Å²) in [5.74, 6) is 0. The first-order valence-corrected chi connectivity index (χ1v) is 14.7. The van der Waals surface area contributed by atoms with E-state index >= 15 is 0 Å². The molecule has 0 amide bonds. The molecule has 162 valence electrons. The fraction of sp³-hybridized carbons (Fsp3) is 0.172. The lowest BCUT2D eigenvalue weighted by Crippen LogP contribution is -2.37. The molecule has 4 heteroatoms. The molecular weight excluding hydrogens is 420 g/mol. The average Bonchev–Trinajstić information content (AvgIpc) is 3.15. The Labute approximate surface area is 195 Å². The molecule has 0 saturated heterocycles. The van der Waals surface area contributed by atoms with E-state index in [-0.39, 0.29) is 0 Å². The number of nitrogens with zero attached hydrogens (tertiary/aromatic N) is 2. The lowest BCUT2D eigenvalue weighted by atomic mass is 9.98. The predicted octanol–water partition coefficient (Wildman–Crippen LogP) is 7.15. The lowest BCUT2D eigenvalue weighted by molar-refractivity contribution is -0.660. The fourth-order valence-electron chi connectivity index (χ4n) is 4.55. The van der Waals surface area contributed by atoms with Gasteiger partial charge in [-0.1, -0.05) is 67.3 Å². The standard InChI is InChI=1S/C29H27N2OSi/c1-19-10-15-22-24-17-23(20-11-13-21(14-12-20)33(4,5)6)25(30-2)18-27(24)32-29(22)28(19)26-9-7-8-16-31(26)3/h7-18H,1,3-6H3/q+1. The molecule has 0 spiro atoms. The highest BCUT2D eigenvalue weighted by Gasteiger charge is 2.22. The third kappa shape index (κ3) is 3.55. The molecule has 0 N–H and O–H groups in total. The van der Waals surface area contributed by atoms with Crippen LogP contribution < -0.4 is 9.75 Å². The summed E-state index contributed by atoms with van der Waals surface area (Å²) >= 11 is 0. The van der Waals surface area contributed by atoms with Gasteiger partial charge in [0.05, 0.1) is 20.2 Å². The number of furan rings is 1. The van der Waals surface area contributed by atoms with E-state index in [0.717, 1.165) is 49.9 Å².